The number of carbonyl (C=O) groups is 2. The third-order valence-electron chi connectivity index (χ3n) is 3.87. The Morgan fingerprint density at radius 1 is 1.40 bits per heavy atom. The van der Waals surface area contributed by atoms with Crippen LogP contribution in [0.15, 0.2) is 24.3 Å². The molecule has 0 radical (unpaired) electrons. The molecule has 1 aliphatic rings. The summed E-state index contributed by atoms with van der Waals surface area (Å²) in [5, 5.41) is 2.92. The molecule has 0 unspecified atom stereocenters. The van der Waals surface area contributed by atoms with Gasteiger partial charge in [0.2, 0.25) is 11.8 Å². The average Bonchev–Trinajstić information content (AvgIpc) is 3.20. The SMILES string of the molecule is CC(=O)N(C)Cc1cccc(NC(=O)C2(CN)CC2)c1. The van der Waals surface area contributed by atoms with Gasteiger partial charge >= 0.3 is 0 Å². The molecular formula is C15H21N3O2. The van der Waals surface area contributed by atoms with E-state index in [0.29, 0.717) is 13.1 Å². The van der Waals surface area contributed by atoms with Crippen molar-refractivity contribution in [1.29, 1.82) is 0 Å². The second kappa shape index (κ2) is 5.63. The van der Waals surface area contributed by atoms with Crippen LogP contribution in [-0.4, -0.2) is 30.3 Å². The highest BCUT2D eigenvalue weighted by atomic mass is 16.2. The van der Waals surface area contributed by atoms with Gasteiger partial charge in [0.25, 0.3) is 0 Å². The summed E-state index contributed by atoms with van der Waals surface area (Å²) in [6, 6.07) is 7.55. The van der Waals surface area contributed by atoms with Crippen LogP contribution in [0.25, 0.3) is 0 Å². The first-order valence-electron chi connectivity index (χ1n) is 6.79. The summed E-state index contributed by atoms with van der Waals surface area (Å²) in [6.45, 7) is 2.45. The third-order valence-corrected chi connectivity index (χ3v) is 3.87. The Kier molecular flexibility index (Phi) is 4.09. The van der Waals surface area contributed by atoms with Crippen molar-refractivity contribution in [3.63, 3.8) is 0 Å². The molecule has 1 fully saturated rings. The minimum absolute atomic E-state index is 0.00271. The molecule has 5 nitrogen and oxygen atoms in total. The minimum atomic E-state index is -0.355. The lowest BCUT2D eigenvalue weighted by molar-refractivity contribution is -0.128. The normalized spacial score (nSPS) is 15.6. The topological polar surface area (TPSA) is 75.4 Å². The van der Waals surface area contributed by atoms with E-state index in [4.69, 9.17) is 5.73 Å². The summed E-state index contributed by atoms with van der Waals surface area (Å²) in [5.41, 5.74) is 7.03. The number of anilines is 1. The first kappa shape index (κ1) is 14.5. The largest absolute Gasteiger partial charge is 0.342 e. The van der Waals surface area contributed by atoms with Crippen molar-refractivity contribution in [2.24, 2.45) is 11.1 Å². The van der Waals surface area contributed by atoms with Crippen LogP contribution in [0.4, 0.5) is 5.69 Å². The molecule has 0 aromatic heterocycles. The predicted octanol–water partition coefficient (Wildman–Crippen LogP) is 1.34. The maximum atomic E-state index is 12.1. The number of nitrogens with two attached hydrogens (primary N) is 1. The van der Waals surface area contributed by atoms with E-state index in [1.807, 2.05) is 24.3 Å². The van der Waals surface area contributed by atoms with Gasteiger partial charge in [-0.15, -0.1) is 0 Å². The van der Waals surface area contributed by atoms with E-state index in [-0.39, 0.29) is 17.2 Å². The zero-order chi connectivity index (χ0) is 14.8. The summed E-state index contributed by atoms with van der Waals surface area (Å²) in [6.07, 6.45) is 1.73. The van der Waals surface area contributed by atoms with Gasteiger partial charge in [-0.05, 0) is 30.5 Å². The molecule has 1 saturated carbocycles. The molecule has 5 heteroatoms. The molecule has 20 heavy (non-hydrogen) atoms. The predicted molar refractivity (Wildman–Crippen MR) is 77.9 cm³/mol. The van der Waals surface area contributed by atoms with Gasteiger partial charge in [-0.2, -0.15) is 0 Å². The first-order chi connectivity index (χ1) is 9.47. The van der Waals surface area contributed by atoms with Gasteiger partial charge in [-0.1, -0.05) is 12.1 Å². The number of hydrogen-bond donors (Lipinski definition) is 2. The molecule has 0 heterocycles. The highest BCUT2D eigenvalue weighted by Crippen LogP contribution is 2.45. The summed E-state index contributed by atoms with van der Waals surface area (Å²) in [4.78, 5) is 25.0. The number of nitrogens with one attached hydrogen (secondary N) is 1. The van der Waals surface area contributed by atoms with Gasteiger partial charge in [0.1, 0.15) is 0 Å². The average molecular weight is 275 g/mol. The molecule has 1 aromatic rings. The van der Waals surface area contributed by atoms with Crippen molar-refractivity contribution in [1.82, 2.24) is 4.90 Å². The van der Waals surface area contributed by atoms with Crippen LogP contribution >= 0.6 is 0 Å². The van der Waals surface area contributed by atoms with Crippen LogP contribution in [0.1, 0.15) is 25.3 Å². The maximum Gasteiger partial charge on any atom is 0.231 e. The fourth-order valence-electron chi connectivity index (χ4n) is 2.07. The van der Waals surface area contributed by atoms with Crippen LogP contribution in [0.5, 0.6) is 0 Å². The first-order valence-corrected chi connectivity index (χ1v) is 6.79. The van der Waals surface area contributed by atoms with E-state index in [2.05, 4.69) is 5.32 Å². The molecule has 0 atom stereocenters. The van der Waals surface area contributed by atoms with Crippen LogP contribution in [0, 0.1) is 5.41 Å². The van der Waals surface area contributed by atoms with Crippen molar-refractivity contribution in [2.75, 3.05) is 18.9 Å². The Balaban J connectivity index is 2.03. The maximum absolute atomic E-state index is 12.1. The molecule has 2 rings (SSSR count). The van der Waals surface area contributed by atoms with Crippen molar-refractivity contribution in [2.45, 2.75) is 26.3 Å². The summed E-state index contributed by atoms with van der Waals surface area (Å²) in [5.74, 6) is 0.0107. The second-order valence-electron chi connectivity index (χ2n) is 5.51. The number of benzene rings is 1. The monoisotopic (exact) mass is 275 g/mol. The zero-order valence-electron chi connectivity index (χ0n) is 12.0. The fourth-order valence-corrected chi connectivity index (χ4v) is 2.07. The highest BCUT2D eigenvalue weighted by Gasteiger charge is 2.48. The molecule has 0 aliphatic heterocycles. The lowest BCUT2D eigenvalue weighted by Crippen LogP contribution is -2.30. The Morgan fingerprint density at radius 3 is 2.65 bits per heavy atom. The summed E-state index contributed by atoms with van der Waals surface area (Å²) in [7, 11) is 1.75. The number of nitrogens with zero attached hydrogens (tertiary/aromatic N) is 1. The molecule has 3 N–H and O–H groups in total. The molecule has 1 aromatic carbocycles. The van der Waals surface area contributed by atoms with Gasteiger partial charge in [-0.3, -0.25) is 9.59 Å². The second-order valence-corrected chi connectivity index (χ2v) is 5.51. The van der Waals surface area contributed by atoms with Crippen LogP contribution in [0.3, 0.4) is 0 Å². The van der Waals surface area contributed by atoms with Crippen molar-refractivity contribution >= 4 is 17.5 Å². The Bertz CT molecular complexity index is 524. The van der Waals surface area contributed by atoms with Crippen molar-refractivity contribution < 1.29 is 9.59 Å². The van der Waals surface area contributed by atoms with Gasteiger partial charge in [0.15, 0.2) is 0 Å². The number of amides is 2. The summed E-state index contributed by atoms with van der Waals surface area (Å²) < 4.78 is 0. The van der Waals surface area contributed by atoms with Crippen LogP contribution < -0.4 is 11.1 Å². The molecule has 1 aliphatic carbocycles. The standard InChI is InChI=1S/C15H21N3O2/c1-11(19)18(2)9-12-4-3-5-13(8-12)17-14(20)15(10-16)6-7-15/h3-5,8H,6-7,9-10,16H2,1-2H3,(H,17,20). The third kappa shape index (κ3) is 3.17. The molecular weight excluding hydrogens is 254 g/mol. The van der Waals surface area contributed by atoms with Gasteiger partial charge in [0.05, 0.1) is 5.41 Å². The molecule has 0 spiro atoms. The lowest BCUT2D eigenvalue weighted by atomic mass is 10.1. The van der Waals surface area contributed by atoms with E-state index in [9.17, 15) is 9.59 Å². The van der Waals surface area contributed by atoms with E-state index in [1.165, 1.54) is 6.92 Å². The number of rotatable bonds is 5. The smallest absolute Gasteiger partial charge is 0.231 e. The Labute approximate surface area is 119 Å². The van der Waals surface area contributed by atoms with E-state index < -0.39 is 0 Å². The van der Waals surface area contributed by atoms with Gasteiger partial charge in [0, 0.05) is 32.7 Å². The molecule has 0 saturated heterocycles. The quantitative estimate of drug-likeness (QED) is 0.851. The van der Waals surface area contributed by atoms with Gasteiger partial charge in [-0.25, -0.2) is 0 Å². The number of hydrogen-bond acceptors (Lipinski definition) is 3. The van der Waals surface area contributed by atoms with Crippen molar-refractivity contribution in [3.05, 3.63) is 29.8 Å². The zero-order valence-corrected chi connectivity index (χ0v) is 12.0. The van der Waals surface area contributed by atoms with E-state index >= 15 is 0 Å². The van der Waals surface area contributed by atoms with Crippen LogP contribution in [0.2, 0.25) is 0 Å². The highest BCUT2D eigenvalue weighted by molar-refractivity contribution is 5.97. The molecule has 2 amide bonds. The fraction of sp³-hybridized carbons (Fsp3) is 0.467. The van der Waals surface area contributed by atoms with Gasteiger partial charge < -0.3 is 16.0 Å². The minimum Gasteiger partial charge on any atom is -0.342 e. The molecule has 0 bridgehead atoms. The lowest BCUT2D eigenvalue weighted by Gasteiger charge is -2.16. The number of carbonyl (C=O) groups excluding carboxylic acids is 2. The van der Waals surface area contributed by atoms with Crippen LogP contribution in [-0.2, 0) is 16.1 Å². The molecule has 108 valence electrons. The van der Waals surface area contributed by atoms with E-state index in [1.54, 1.807) is 11.9 Å². The van der Waals surface area contributed by atoms with Crippen molar-refractivity contribution in [3.8, 4) is 0 Å². The summed E-state index contributed by atoms with van der Waals surface area (Å²) >= 11 is 0. The Morgan fingerprint density at radius 2 is 2.10 bits per heavy atom. The van der Waals surface area contributed by atoms with E-state index in [0.717, 1.165) is 24.1 Å². The Hall–Kier alpha value is -1.88.